The molecule has 2 amide bonds. The summed E-state index contributed by atoms with van der Waals surface area (Å²) < 4.78 is 4.83. The van der Waals surface area contributed by atoms with E-state index < -0.39 is 0 Å². The Balaban J connectivity index is 0.000000555. The molecule has 0 radical (unpaired) electrons. The Labute approximate surface area is 116 Å². The van der Waals surface area contributed by atoms with Gasteiger partial charge in [-0.1, -0.05) is 19.3 Å². The lowest BCUT2D eigenvalue weighted by Crippen LogP contribution is -2.49. The third kappa shape index (κ3) is 9.69. The molecule has 6 heteroatoms. The number of aliphatic hydroxyl groups excluding tert-OH is 1. The smallest absolute Gasteiger partial charge is 0.331 e. The summed E-state index contributed by atoms with van der Waals surface area (Å²) in [5.74, 6) is 5.41. The number of hydrogen-bond donors (Lipinski definition) is 3. The summed E-state index contributed by atoms with van der Waals surface area (Å²) in [6.45, 7) is 5.74. The van der Waals surface area contributed by atoms with E-state index in [9.17, 15) is 4.79 Å². The average Bonchev–Trinajstić information content (AvgIpc) is 2.42. The molecular weight excluding hydrogens is 246 g/mol. The zero-order chi connectivity index (χ0) is 14.5. The van der Waals surface area contributed by atoms with Crippen LogP contribution in [0.4, 0.5) is 4.79 Å². The first-order valence-corrected chi connectivity index (χ1v) is 7.17. The van der Waals surface area contributed by atoms with Crippen LogP contribution in [0, 0.1) is 0 Å². The maximum atomic E-state index is 11.4. The summed E-state index contributed by atoms with van der Waals surface area (Å²) >= 11 is 0. The molecule has 0 aromatic rings. The number of carbonyl (C=O) groups is 1. The molecule has 1 saturated carbocycles. The SMILES string of the molecule is CCOCC.NN(CCO)C(=O)NC1CCCCC1. The maximum absolute atomic E-state index is 11.4. The van der Waals surface area contributed by atoms with Gasteiger partial charge in [-0.2, -0.15) is 0 Å². The zero-order valence-electron chi connectivity index (χ0n) is 12.2. The van der Waals surface area contributed by atoms with Crippen LogP contribution in [0.25, 0.3) is 0 Å². The number of hydrazine groups is 1. The van der Waals surface area contributed by atoms with Crippen molar-refractivity contribution < 1.29 is 14.6 Å². The third-order valence-corrected chi connectivity index (χ3v) is 2.94. The van der Waals surface area contributed by atoms with E-state index in [0.717, 1.165) is 31.1 Å². The molecule has 0 aromatic heterocycles. The molecule has 1 rings (SSSR count). The van der Waals surface area contributed by atoms with E-state index in [1.807, 2.05) is 13.8 Å². The van der Waals surface area contributed by atoms with Gasteiger partial charge in [0.15, 0.2) is 0 Å². The summed E-state index contributed by atoms with van der Waals surface area (Å²) in [6, 6.07) is -0.0213. The van der Waals surface area contributed by atoms with Crippen molar-refractivity contribution in [3.05, 3.63) is 0 Å². The number of hydrogen-bond acceptors (Lipinski definition) is 4. The van der Waals surface area contributed by atoms with Crippen LogP contribution in [-0.4, -0.2) is 48.6 Å². The quantitative estimate of drug-likeness (QED) is 0.400. The third-order valence-electron chi connectivity index (χ3n) is 2.94. The van der Waals surface area contributed by atoms with Crippen LogP contribution < -0.4 is 11.2 Å². The van der Waals surface area contributed by atoms with Gasteiger partial charge in [-0.15, -0.1) is 0 Å². The Kier molecular flexibility index (Phi) is 11.7. The minimum Gasteiger partial charge on any atom is -0.394 e. The van der Waals surface area contributed by atoms with Gasteiger partial charge in [0, 0.05) is 19.3 Å². The van der Waals surface area contributed by atoms with Crippen LogP contribution >= 0.6 is 0 Å². The molecule has 0 aliphatic heterocycles. The largest absolute Gasteiger partial charge is 0.394 e. The Morgan fingerprint density at radius 3 is 2.32 bits per heavy atom. The van der Waals surface area contributed by atoms with Crippen molar-refractivity contribution >= 4 is 6.03 Å². The van der Waals surface area contributed by atoms with Crippen molar-refractivity contribution in [1.29, 1.82) is 0 Å². The van der Waals surface area contributed by atoms with E-state index in [4.69, 9.17) is 15.7 Å². The number of nitrogens with one attached hydrogen (secondary N) is 1. The van der Waals surface area contributed by atoms with Gasteiger partial charge in [0.05, 0.1) is 13.2 Å². The van der Waals surface area contributed by atoms with E-state index in [2.05, 4.69) is 5.32 Å². The monoisotopic (exact) mass is 275 g/mol. The fourth-order valence-electron chi connectivity index (χ4n) is 1.92. The molecule has 4 N–H and O–H groups in total. The fourth-order valence-corrected chi connectivity index (χ4v) is 1.92. The predicted molar refractivity (Wildman–Crippen MR) is 75.6 cm³/mol. The first-order chi connectivity index (χ1) is 9.15. The molecule has 0 spiro atoms. The standard InChI is InChI=1S/C9H19N3O2.C4H10O/c10-12(6-7-13)9(14)11-8-4-2-1-3-5-8;1-3-5-4-2/h8,13H,1-7,10H2,(H,11,14);3-4H2,1-2H3. The number of nitrogens with two attached hydrogens (primary N) is 1. The summed E-state index contributed by atoms with van der Waals surface area (Å²) in [5, 5.41) is 12.5. The molecule has 6 nitrogen and oxygen atoms in total. The molecule has 1 aliphatic rings. The number of urea groups is 1. The maximum Gasteiger partial charge on any atom is 0.331 e. The van der Waals surface area contributed by atoms with E-state index in [0.29, 0.717) is 0 Å². The van der Waals surface area contributed by atoms with Crippen LogP contribution in [0.3, 0.4) is 0 Å². The van der Waals surface area contributed by atoms with Gasteiger partial charge in [0.2, 0.25) is 0 Å². The lowest BCUT2D eigenvalue weighted by molar-refractivity contribution is 0.162. The number of amides is 2. The summed E-state index contributed by atoms with van der Waals surface area (Å²) in [4.78, 5) is 11.4. The second-order valence-electron chi connectivity index (χ2n) is 4.48. The van der Waals surface area contributed by atoms with E-state index in [1.54, 1.807) is 0 Å². The van der Waals surface area contributed by atoms with Crippen molar-refractivity contribution in [2.45, 2.75) is 52.0 Å². The van der Waals surface area contributed by atoms with Crippen molar-refractivity contribution in [3.63, 3.8) is 0 Å². The predicted octanol–water partition coefficient (Wildman–Crippen LogP) is 1.24. The summed E-state index contributed by atoms with van der Waals surface area (Å²) in [5.41, 5.74) is 0. The topological polar surface area (TPSA) is 87.8 Å². The van der Waals surface area contributed by atoms with Crippen LogP contribution in [-0.2, 0) is 4.74 Å². The molecule has 1 fully saturated rings. The fraction of sp³-hybridized carbons (Fsp3) is 0.923. The molecule has 114 valence electrons. The molecule has 19 heavy (non-hydrogen) atoms. The molecule has 1 aliphatic carbocycles. The van der Waals surface area contributed by atoms with Crippen molar-refractivity contribution in [2.24, 2.45) is 5.84 Å². The van der Waals surface area contributed by atoms with Crippen molar-refractivity contribution in [2.75, 3.05) is 26.4 Å². The minimum absolute atomic E-state index is 0.103. The second-order valence-corrected chi connectivity index (χ2v) is 4.48. The Hall–Kier alpha value is -0.850. The van der Waals surface area contributed by atoms with Crippen LogP contribution in [0.2, 0.25) is 0 Å². The Bertz CT molecular complexity index is 219. The van der Waals surface area contributed by atoms with Crippen LogP contribution in [0.5, 0.6) is 0 Å². The Morgan fingerprint density at radius 1 is 1.32 bits per heavy atom. The van der Waals surface area contributed by atoms with Crippen LogP contribution in [0.15, 0.2) is 0 Å². The number of rotatable bonds is 5. The molecule has 0 saturated heterocycles. The zero-order valence-corrected chi connectivity index (χ0v) is 12.2. The van der Waals surface area contributed by atoms with Crippen molar-refractivity contribution in [3.8, 4) is 0 Å². The number of nitrogens with zero attached hydrogens (tertiary/aromatic N) is 1. The first-order valence-electron chi connectivity index (χ1n) is 7.17. The van der Waals surface area contributed by atoms with Gasteiger partial charge in [-0.05, 0) is 26.7 Å². The molecule has 0 bridgehead atoms. The summed E-state index contributed by atoms with van der Waals surface area (Å²) in [6.07, 6.45) is 5.69. The molecule has 0 heterocycles. The van der Waals surface area contributed by atoms with Gasteiger partial charge < -0.3 is 15.2 Å². The normalized spacial score (nSPS) is 15.4. The van der Waals surface area contributed by atoms with E-state index in [1.165, 1.54) is 19.3 Å². The molecule has 0 atom stereocenters. The van der Waals surface area contributed by atoms with Gasteiger partial charge in [-0.3, -0.25) is 5.01 Å². The highest BCUT2D eigenvalue weighted by Gasteiger charge is 2.17. The van der Waals surface area contributed by atoms with Crippen molar-refractivity contribution in [1.82, 2.24) is 10.3 Å². The first kappa shape index (κ1) is 18.1. The lowest BCUT2D eigenvalue weighted by atomic mass is 9.96. The molecular formula is C13H29N3O3. The number of aliphatic hydroxyl groups is 1. The number of carbonyl (C=O) groups excluding carboxylic acids is 1. The second kappa shape index (κ2) is 12.2. The van der Waals surface area contributed by atoms with Crippen LogP contribution in [0.1, 0.15) is 46.0 Å². The molecule has 0 aromatic carbocycles. The van der Waals surface area contributed by atoms with E-state index >= 15 is 0 Å². The molecule has 0 unspecified atom stereocenters. The minimum atomic E-state index is -0.286. The highest BCUT2D eigenvalue weighted by Crippen LogP contribution is 2.17. The lowest BCUT2D eigenvalue weighted by Gasteiger charge is -2.25. The Morgan fingerprint density at radius 2 is 1.89 bits per heavy atom. The van der Waals surface area contributed by atoms with Gasteiger partial charge >= 0.3 is 6.03 Å². The van der Waals surface area contributed by atoms with Gasteiger partial charge in [0.25, 0.3) is 0 Å². The highest BCUT2D eigenvalue weighted by atomic mass is 16.5. The average molecular weight is 275 g/mol. The number of ether oxygens (including phenoxy) is 1. The highest BCUT2D eigenvalue weighted by molar-refractivity contribution is 5.73. The van der Waals surface area contributed by atoms with E-state index in [-0.39, 0.29) is 25.2 Å². The van der Waals surface area contributed by atoms with Gasteiger partial charge in [-0.25, -0.2) is 10.6 Å². The van der Waals surface area contributed by atoms with Gasteiger partial charge in [0.1, 0.15) is 0 Å². The summed E-state index contributed by atoms with van der Waals surface area (Å²) in [7, 11) is 0.